The van der Waals surface area contributed by atoms with Gasteiger partial charge < -0.3 is 16.0 Å². The van der Waals surface area contributed by atoms with Gasteiger partial charge in [-0.2, -0.15) is 15.3 Å². The molecule has 450 valence electrons. The Morgan fingerprint density at radius 3 is 0.893 bits per heavy atom. The van der Waals surface area contributed by atoms with Crippen molar-refractivity contribution in [2.24, 2.45) is 34.0 Å². The fourth-order valence-corrected chi connectivity index (χ4v) is 15.0. The fourth-order valence-electron chi connectivity index (χ4n) is 15.0. The number of aromatic nitrogens is 6. The Labute approximate surface area is 502 Å². The van der Waals surface area contributed by atoms with Crippen LogP contribution in [0.25, 0.3) is 0 Å². The second kappa shape index (κ2) is 25.6. The van der Waals surface area contributed by atoms with Crippen LogP contribution in [-0.4, -0.2) is 66.7 Å². The number of carbonyl (C=O) groups is 3. The third-order valence-electron chi connectivity index (χ3n) is 20.7. The van der Waals surface area contributed by atoms with E-state index in [0.717, 1.165) is 94.9 Å². The molecule has 3 saturated carbocycles. The summed E-state index contributed by atoms with van der Waals surface area (Å²) in [6, 6.07) is 25.9. The number of benzene rings is 3. The molecule has 3 aromatic carbocycles. The highest BCUT2D eigenvalue weighted by molar-refractivity contribution is 5.81. The highest BCUT2D eigenvalue weighted by atomic mass is 16.2. The van der Waals surface area contributed by atoms with Crippen molar-refractivity contribution in [1.82, 2.24) is 45.3 Å². The van der Waals surface area contributed by atoms with E-state index in [-0.39, 0.29) is 17.7 Å². The molecule has 6 atom stereocenters. The second-order valence-electron chi connectivity index (χ2n) is 27.6. The molecular weight excluding hydrogens is 1040 g/mol. The van der Waals surface area contributed by atoms with Crippen LogP contribution in [0, 0.1) is 54.8 Å². The number of aryl methyl sites for hydroxylation is 6. The number of unbranched alkanes of at least 4 members (excludes halogenated alkanes) is 3. The number of rotatable bonds is 24. The van der Waals surface area contributed by atoms with Gasteiger partial charge in [0, 0.05) is 55.6 Å². The molecule has 12 heteroatoms. The Balaban J connectivity index is 0.000000140. The predicted molar refractivity (Wildman–Crippen MR) is 338 cm³/mol. The molecule has 0 bridgehead atoms. The van der Waals surface area contributed by atoms with Crippen molar-refractivity contribution in [1.29, 1.82) is 0 Å². The summed E-state index contributed by atoms with van der Waals surface area (Å²) >= 11 is 0. The van der Waals surface area contributed by atoms with Crippen LogP contribution in [0.15, 0.2) is 72.8 Å². The van der Waals surface area contributed by atoms with Gasteiger partial charge in [0.2, 0.25) is 17.7 Å². The third kappa shape index (κ3) is 12.8. The molecule has 0 radical (unpaired) electrons. The predicted octanol–water partition coefficient (Wildman–Crippen LogP) is 13.9. The first-order valence-corrected chi connectivity index (χ1v) is 32.5. The molecule has 84 heavy (non-hydrogen) atoms. The number of nitrogens with one attached hydrogen (secondary N) is 3. The summed E-state index contributed by atoms with van der Waals surface area (Å²) in [5, 5.41) is 24.2. The lowest BCUT2D eigenvalue weighted by molar-refractivity contribution is 0.0874. The molecule has 6 unspecified atom stereocenters. The van der Waals surface area contributed by atoms with E-state index in [2.05, 4.69) is 187 Å². The monoisotopic (exact) mass is 1140 g/mol. The number of hydrogen-bond donors (Lipinski definition) is 3. The molecule has 0 spiro atoms. The van der Waals surface area contributed by atoms with E-state index in [9.17, 15) is 14.4 Å². The van der Waals surface area contributed by atoms with Crippen molar-refractivity contribution in [2.75, 3.05) is 19.6 Å². The van der Waals surface area contributed by atoms with Gasteiger partial charge in [-0.1, -0.05) is 154 Å². The van der Waals surface area contributed by atoms with Gasteiger partial charge in [0.1, 0.15) is 0 Å². The van der Waals surface area contributed by atoms with Crippen molar-refractivity contribution in [3.63, 3.8) is 0 Å². The average molecular weight is 1140 g/mol. The lowest BCUT2D eigenvalue weighted by Crippen LogP contribution is -2.17. The quantitative estimate of drug-likeness (QED) is 0.0505. The minimum absolute atomic E-state index is 0.133. The van der Waals surface area contributed by atoms with Crippen LogP contribution in [0.2, 0.25) is 0 Å². The summed E-state index contributed by atoms with van der Waals surface area (Å²) in [7, 11) is 0. The van der Waals surface area contributed by atoms with E-state index >= 15 is 0 Å². The third-order valence-corrected chi connectivity index (χ3v) is 20.7. The molecular formula is C72H99N9O3. The van der Waals surface area contributed by atoms with Gasteiger partial charge in [-0.05, 0) is 183 Å². The van der Waals surface area contributed by atoms with E-state index in [1.807, 2.05) is 0 Å². The molecule has 3 heterocycles. The average Bonchev–Trinajstić information content (AvgIpc) is 1.63. The summed E-state index contributed by atoms with van der Waals surface area (Å²) in [4.78, 5) is 38.5. The van der Waals surface area contributed by atoms with Gasteiger partial charge in [-0.3, -0.25) is 14.4 Å². The fraction of sp³-hybridized carbons (Fsp3) is 0.583. The van der Waals surface area contributed by atoms with Gasteiger partial charge >= 0.3 is 0 Å². The summed E-state index contributed by atoms with van der Waals surface area (Å²) in [5.41, 5.74) is 19.5. The minimum atomic E-state index is 0.133. The van der Waals surface area contributed by atoms with Gasteiger partial charge in [0.25, 0.3) is 0 Å². The first-order chi connectivity index (χ1) is 40.3. The lowest BCUT2D eigenvalue weighted by Gasteiger charge is -2.10. The van der Waals surface area contributed by atoms with Crippen molar-refractivity contribution >= 4 is 17.7 Å². The standard InChI is InChI=1S/3C24H33N3O/c3*1-5-6-13-25-15-18-9-7-17(8-10-18)11-12-21(28)27-20-14-19-23(24(19,3)4)22(20)16(2)26-27/h3*7-10,19,23,25H,5-6,11-15H2,1-4H3. The van der Waals surface area contributed by atoms with Crippen LogP contribution in [0.5, 0.6) is 0 Å². The van der Waals surface area contributed by atoms with Crippen LogP contribution < -0.4 is 16.0 Å². The summed E-state index contributed by atoms with van der Waals surface area (Å²) in [6.45, 7) is 32.8. The molecule has 3 fully saturated rings. The molecule has 0 saturated heterocycles. The van der Waals surface area contributed by atoms with Gasteiger partial charge in [0.05, 0.1) is 34.2 Å². The van der Waals surface area contributed by atoms with Crippen LogP contribution >= 0.6 is 0 Å². The molecule has 6 aliphatic carbocycles. The maximum Gasteiger partial charge on any atom is 0.247 e. The zero-order chi connectivity index (χ0) is 59.7. The van der Waals surface area contributed by atoms with Crippen molar-refractivity contribution in [3.05, 3.63) is 157 Å². The van der Waals surface area contributed by atoms with Crippen LogP contribution in [0.3, 0.4) is 0 Å². The molecule has 12 rings (SSSR count). The number of carbonyl (C=O) groups excluding carboxylic acids is 3. The lowest BCUT2D eigenvalue weighted by atomic mass is 9.98. The molecule has 6 aliphatic rings. The van der Waals surface area contributed by atoms with Gasteiger partial charge in [-0.25, -0.2) is 14.0 Å². The Hall–Kier alpha value is -5.82. The Bertz CT molecular complexity index is 2930. The van der Waals surface area contributed by atoms with E-state index in [1.165, 1.54) is 106 Å². The summed E-state index contributed by atoms with van der Waals surface area (Å²) in [5.74, 6) is 4.36. The minimum Gasteiger partial charge on any atom is -0.313 e. The molecule has 0 amide bonds. The maximum atomic E-state index is 12.8. The highest BCUT2D eigenvalue weighted by Gasteiger charge is 2.66. The number of nitrogens with zero attached hydrogens (tertiary/aromatic N) is 6. The first-order valence-electron chi connectivity index (χ1n) is 32.5. The van der Waals surface area contributed by atoms with Crippen molar-refractivity contribution in [2.45, 2.75) is 217 Å². The van der Waals surface area contributed by atoms with Crippen molar-refractivity contribution < 1.29 is 14.4 Å². The highest BCUT2D eigenvalue weighted by Crippen LogP contribution is 2.72. The molecule has 3 N–H and O–H groups in total. The van der Waals surface area contributed by atoms with Crippen LogP contribution in [0.1, 0.15) is 236 Å². The molecule has 0 aliphatic heterocycles. The van der Waals surface area contributed by atoms with Crippen LogP contribution in [-0.2, 0) is 58.2 Å². The van der Waals surface area contributed by atoms with Gasteiger partial charge in [0.15, 0.2) is 0 Å². The molecule has 3 aromatic heterocycles. The SMILES string of the molecule is CCCCNCc1ccc(CCC(=O)n2nc(C)c3c2CC2C3C2(C)C)cc1.CCCCNCc1ccc(CCC(=O)n2nc(C)c3c2CC2C3C2(C)C)cc1.CCCCNCc1ccc(CCC(=O)n2nc(C)c3c2CC2C3C2(C)C)cc1. The molecule has 12 nitrogen and oxygen atoms in total. The topological polar surface area (TPSA) is 141 Å². The van der Waals surface area contributed by atoms with E-state index in [4.69, 9.17) is 0 Å². The zero-order valence-electron chi connectivity index (χ0n) is 53.1. The summed E-state index contributed by atoms with van der Waals surface area (Å²) in [6.07, 6.45) is 14.2. The Morgan fingerprint density at radius 1 is 0.417 bits per heavy atom. The van der Waals surface area contributed by atoms with Crippen molar-refractivity contribution in [3.8, 4) is 0 Å². The van der Waals surface area contributed by atoms with Gasteiger partial charge in [-0.15, -0.1) is 0 Å². The largest absolute Gasteiger partial charge is 0.313 e. The molecule has 6 aromatic rings. The summed E-state index contributed by atoms with van der Waals surface area (Å²) < 4.78 is 5.16. The van der Waals surface area contributed by atoms with Crippen LogP contribution in [0.4, 0.5) is 0 Å². The normalized spacial score (nSPS) is 21.4. The van der Waals surface area contributed by atoms with E-state index < -0.39 is 0 Å². The smallest absolute Gasteiger partial charge is 0.247 e. The van der Waals surface area contributed by atoms with E-state index in [1.54, 1.807) is 14.0 Å². The first kappa shape index (κ1) is 61.3. The Kier molecular flexibility index (Phi) is 18.7. The number of fused-ring (bicyclic) bond motifs is 9. The second-order valence-corrected chi connectivity index (χ2v) is 27.6. The maximum absolute atomic E-state index is 12.8. The zero-order valence-corrected chi connectivity index (χ0v) is 53.1. The van der Waals surface area contributed by atoms with E-state index in [0.29, 0.717) is 71.0 Å². The Morgan fingerprint density at radius 2 is 0.655 bits per heavy atom. The number of hydrogen-bond acceptors (Lipinski definition) is 9.